The minimum absolute atomic E-state index is 0.00408. The van der Waals surface area contributed by atoms with Crippen LogP contribution in [0.5, 0.6) is 0 Å². The smallest absolute Gasteiger partial charge is 0.233 e. The number of nitrogens with one attached hydrogen (secondary N) is 2. The number of anilines is 2. The number of nitrogens with zero attached hydrogens (tertiary/aromatic N) is 3. The number of carbonyl (C=O) groups is 1. The molecule has 6 nitrogen and oxygen atoms in total. The summed E-state index contributed by atoms with van der Waals surface area (Å²) in [6.07, 6.45) is 2.48. The lowest BCUT2D eigenvalue weighted by Crippen LogP contribution is -2.53. The van der Waals surface area contributed by atoms with Crippen LogP contribution in [0.25, 0.3) is 0 Å². The van der Waals surface area contributed by atoms with Gasteiger partial charge in [-0.2, -0.15) is 0 Å². The van der Waals surface area contributed by atoms with Gasteiger partial charge in [-0.15, -0.1) is 0 Å². The summed E-state index contributed by atoms with van der Waals surface area (Å²) in [6, 6.07) is 19.8. The second-order valence-corrected chi connectivity index (χ2v) is 8.03. The zero-order valence-electron chi connectivity index (χ0n) is 17.4. The highest BCUT2D eigenvalue weighted by molar-refractivity contribution is 5.88. The Kier molecular flexibility index (Phi) is 5.77. The van der Waals surface area contributed by atoms with Crippen molar-refractivity contribution < 1.29 is 4.79 Å². The largest absolute Gasteiger partial charge is 0.355 e. The van der Waals surface area contributed by atoms with E-state index >= 15 is 0 Å². The first-order valence-electron chi connectivity index (χ1n) is 10.2. The van der Waals surface area contributed by atoms with Gasteiger partial charge in [-0.3, -0.25) is 9.78 Å². The Labute approximate surface area is 177 Å². The molecule has 1 aliphatic rings. The van der Waals surface area contributed by atoms with Gasteiger partial charge in [0.25, 0.3) is 0 Å². The van der Waals surface area contributed by atoms with Crippen molar-refractivity contribution in [2.75, 3.05) is 25.5 Å². The lowest BCUT2D eigenvalue weighted by Gasteiger charge is -2.38. The Morgan fingerprint density at radius 2 is 1.90 bits per heavy atom. The van der Waals surface area contributed by atoms with Crippen molar-refractivity contribution in [3.63, 3.8) is 0 Å². The van der Waals surface area contributed by atoms with E-state index in [-0.39, 0.29) is 5.91 Å². The summed E-state index contributed by atoms with van der Waals surface area (Å²) in [4.78, 5) is 24.6. The van der Waals surface area contributed by atoms with Crippen molar-refractivity contribution in [3.8, 4) is 0 Å². The maximum atomic E-state index is 13.3. The highest BCUT2D eigenvalue weighted by Crippen LogP contribution is 2.33. The van der Waals surface area contributed by atoms with Crippen LogP contribution < -0.4 is 10.6 Å². The highest BCUT2D eigenvalue weighted by Gasteiger charge is 2.42. The van der Waals surface area contributed by atoms with Crippen molar-refractivity contribution >= 4 is 17.4 Å². The van der Waals surface area contributed by atoms with Crippen LogP contribution in [-0.2, 0) is 23.2 Å². The Hall–Kier alpha value is -3.25. The van der Waals surface area contributed by atoms with Crippen molar-refractivity contribution in [1.29, 1.82) is 0 Å². The first-order chi connectivity index (χ1) is 14.5. The average molecular weight is 402 g/mol. The number of benzene rings is 1. The molecule has 0 spiro atoms. The van der Waals surface area contributed by atoms with Crippen molar-refractivity contribution in [1.82, 2.24) is 20.2 Å². The van der Waals surface area contributed by atoms with E-state index in [9.17, 15) is 4.79 Å². The molecule has 0 radical (unpaired) electrons. The predicted octanol–water partition coefficient (Wildman–Crippen LogP) is 3.28. The molecular weight excluding hydrogens is 374 g/mol. The Bertz CT molecular complexity index is 1010. The first kappa shape index (κ1) is 20.0. The standard InChI is InChI=1S/C24H27N5O/c1-24(23(30)26-15-13-19-8-6-7-14-25-19)17-29(2)16-18-11-12-21(28-22(18)24)27-20-9-4-3-5-10-20/h3-12,14H,13,15-17H2,1-2H3,(H,26,30)(H,27,28). The Balaban J connectivity index is 1.53. The molecule has 0 bridgehead atoms. The van der Waals surface area contributed by atoms with E-state index in [1.807, 2.05) is 68.6 Å². The zero-order chi connectivity index (χ0) is 21.0. The molecule has 2 aromatic heterocycles. The molecule has 0 fully saturated rings. The van der Waals surface area contributed by atoms with Gasteiger partial charge in [0.15, 0.2) is 0 Å². The number of hydrogen-bond donors (Lipinski definition) is 2. The van der Waals surface area contributed by atoms with Crippen LogP contribution in [0.1, 0.15) is 23.9 Å². The highest BCUT2D eigenvalue weighted by atomic mass is 16.2. The number of hydrogen-bond acceptors (Lipinski definition) is 5. The number of aromatic nitrogens is 2. The molecule has 6 heteroatoms. The molecule has 3 aromatic rings. The van der Waals surface area contributed by atoms with Crippen molar-refractivity contribution in [2.24, 2.45) is 0 Å². The number of pyridine rings is 2. The van der Waals surface area contributed by atoms with Crippen molar-refractivity contribution in [2.45, 2.75) is 25.3 Å². The second-order valence-electron chi connectivity index (χ2n) is 8.03. The third kappa shape index (κ3) is 4.33. The molecule has 2 N–H and O–H groups in total. The van der Waals surface area contributed by atoms with Gasteiger partial charge in [0, 0.05) is 43.6 Å². The fourth-order valence-corrected chi connectivity index (χ4v) is 4.02. The number of likely N-dealkylation sites (N-methyl/N-ethyl adjacent to an activating group) is 1. The van der Waals surface area contributed by atoms with Crippen LogP contribution in [0.15, 0.2) is 66.9 Å². The molecule has 30 heavy (non-hydrogen) atoms. The van der Waals surface area contributed by atoms with Gasteiger partial charge in [-0.1, -0.05) is 30.3 Å². The average Bonchev–Trinajstić information content (AvgIpc) is 2.75. The molecule has 0 saturated carbocycles. The molecule has 0 aliphatic carbocycles. The second kappa shape index (κ2) is 8.63. The number of carbonyl (C=O) groups excluding carboxylic acids is 1. The Morgan fingerprint density at radius 1 is 1.10 bits per heavy atom. The molecule has 154 valence electrons. The molecule has 0 saturated heterocycles. The zero-order valence-corrected chi connectivity index (χ0v) is 17.4. The summed E-state index contributed by atoms with van der Waals surface area (Å²) in [5, 5.41) is 6.45. The van der Waals surface area contributed by atoms with Crippen molar-refractivity contribution in [3.05, 3.63) is 83.8 Å². The molecule has 1 atom stereocenters. The third-order valence-corrected chi connectivity index (χ3v) is 5.47. The minimum Gasteiger partial charge on any atom is -0.355 e. The molecule has 1 unspecified atom stereocenters. The number of para-hydroxylation sites is 1. The quantitative estimate of drug-likeness (QED) is 0.663. The third-order valence-electron chi connectivity index (χ3n) is 5.47. The van der Waals surface area contributed by atoms with Crippen LogP contribution >= 0.6 is 0 Å². The van der Waals surface area contributed by atoms with E-state index in [0.717, 1.165) is 35.0 Å². The van der Waals surface area contributed by atoms with E-state index in [1.165, 1.54) is 0 Å². The lowest BCUT2D eigenvalue weighted by molar-refractivity contribution is -0.127. The van der Waals surface area contributed by atoms with Crippen LogP contribution in [0.3, 0.4) is 0 Å². The summed E-state index contributed by atoms with van der Waals surface area (Å²) < 4.78 is 0. The maximum absolute atomic E-state index is 13.3. The maximum Gasteiger partial charge on any atom is 0.233 e. The molecular formula is C24H27N5O. The summed E-state index contributed by atoms with van der Waals surface area (Å²) in [5.74, 6) is 0.743. The van der Waals surface area contributed by atoms with Gasteiger partial charge >= 0.3 is 0 Å². The van der Waals surface area contributed by atoms with E-state index < -0.39 is 5.41 Å². The Morgan fingerprint density at radius 3 is 2.67 bits per heavy atom. The predicted molar refractivity (Wildman–Crippen MR) is 119 cm³/mol. The lowest BCUT2D eigenvalue weighted by atomic mass is 9.79. The van der Waals surface area contributed by atoms with E-state index in [1.54, 1.807) is 6.20 Å². The van der Waals surface area contributed by atoms with Gasteiger partial charge < -0.3 is 15.5 Å². The van der Waals surface area contributed by atoms with E-state index in [0.29, 0.717) is 19.5 Å². The van der Waals surface area contributed by atoms with Gasteiger partial charge in [-0.25, -0.2) is 4.98 Å². The van der Waals surface area contributed by atoms with Gasteiger partial charge in [-0.05, 0) is 49.9 Å². The SMILES string of the molecule is CN1Cc2ccc(Nc3ccccc3)nc2C(C)(C(=O)NCCc2ccccn2)C1. The monoisotopic (exact) mass is 401 g/mol. The van der Waals surface area contributed by atoms with E-state index in [4.69, 9.17) is 4.98 Å². The number of rotatable bonds is 6. The summed E-state index contributed by atoms with van der Waals surface area (Å²) in [7, 11) is 2.04. The summed E-state index contributed by atoms with van der Waals surface area (Å²) in [6.45, 7) is 3.94. The normalized spacial score (nSPS) is 18.5. The fourth-order valence-electron chi connectivity index (χ4n) is 4.02. The van der Waals surface area contributed by atoms with Gasteiger partial charge in [0.1, 0.15) is 11.2 Å². The first-order valence-corrected chi connectivity index (χ1v) is 10.2. The molecule has 3 heterocycles. The summed E-state index contributed by atoms with van der Waals surface area (Å²) >= 11 is 0. The van der Waals surface area contributed by atoms with Gasteiger partial charge in [0.2, 0.25) is 5.91 Å². The molecule has 1 aromatic carbocycles. The topological polar surface area (TPSA) is 70.2 Å². The number of amides is 1. The van der Waals surface area contributed by atoms with Crippen LogP contribution in [0, 0.1) is 0 Å². The minimum atomic E-state index is -0.721. The molecule has 1 amide bonds. The van der Waals surface area contributed by atoms with E-state index in [2.05, 4.69) is 26.6 Å². The summed E-state index contributed by atoms with van der Waals surface area (Å²) in [5.41, 5.74) is 3.15. The van der Waals surface area contributed by atoms with Crippen LogP contribution in [0.4, 0.5) is 11.5 Å². The number of fused-ring (bicyclic) bond motifs is 1. The van der Waals surface area contributed by atoms with Gasteiger partial charge in [0.05, 0.1) is 5.69 Å². The molecule has 4 rings (SSSR count). The van der Waals surface area contributed by atoms with Crippen LogP contribution in [0.2, 0.25) is 0 Å². The fraction of sp³-hybridized carbons (Fsp3) is 0.292. The molecule has 1 aliphatic heterocycles. The van der Waals surface area contributed by atoms with Crippen LogP contribution in [-0.4, -0.2) is 40.9 Å².